The molecule has 1 aliphatic rings. The van der Waals surface area contributed by atoms with Crippen molar-refractivity contribution >= 4 is 38.9 Å². The second kappa shape index (κ2) is 7.01. The molecule has 1 aliphatic heterocycles. The van der Waals surface area contributed by atoms with Gasteiger partial charge in [-0.05, 0) is 55.9 Å². The zero-order valence-corrected chi connectivity index (χ0v) is 15.0. The van der Waals surface area contributed by atoms with Crippen LogP contribution in [0.2, 0.25) is 5.02 Å². The van der Waals surface area contributed by atoms with Crippen molar-refractivity contribution < 1.29 is 8.42 Å². The number of halogens is 1. The van der Waals surface area contributed by atoms with Gasteiger partial charge in [0.2, 0.25) is 0 Å². The van der Waals surface area contributed by atoms with Crippen LogP contribution in [0.5, 0.6) is 0 Å². The molecule has 3 rings (SSSR count). The second-order valence-electron chi connectivity index (χ2n) is 5.52. The zero-order chi connectivity index (χ0) is 17.2. The van der Waals surface area contributed by atoms with Crippen LogP contribution in [0.1, 0.15) is 13.3 Å². The first-order valence-electron chi connectivity index (χ1n) is 7.94. The summed E-state index contributed by atoms with van der Waals surface area (Å²) >= 11 is 5.93. The van der Waals surface area contributed by atoms with Crippen LogP contribution in [0.4, 0.5) is 17.1 Å². The maximum absolute atomic E-state index is 13.1. The molecule has 0 bridgehead atoms. The van der Waals surface area contributed by atoms with Crippen LogP contribution >= 0.6 is 11.6 Å². The fourth-order valence-corrected chi connectivity index (χ4v) is 4.68. The van der Waals surface area contributed by atoms with E-state index in [1.54, 1.807) is 24.3 Å². The molecule has 0 saturated carbocycles. The van der Waals surface area contributed by atoms with Crippen molar-refractivity contribution in [3.63, 3.8) is 0 Å². The lowest BCUT2D eigenvalue weighted by Gasteiger charge is -2.22. The monoisotopic (exact) mass is 365 g/mol. The highest BCUT2D eigenvalue weighted by Crippen LogP contribution is 2.45. The molecular weight excluding hydrogens is 346 g/mol. The highest BCUT2D eigenvalue weighted by atomic mass is 35.5. The average molecular weight is 366 g/mol. The van der Waals surface area contributed by atoms with Crippen molar-refractivity contribution in [3.05, 3.63) is 53.6 Å². The van der Waals surface area contributed by atoms with Crippen molar-refractivity contribution in [3.8, 4) is 0 Å². The molecule has 128 valence electrons. The molecule has 2 aromatic rings. The predicted octanol–water partition coefficient (Wildman–Crippen LogP) is 3.54. The topological polar surface area (TPSA) is 52.6 Å². The van der Waals surface area contributed by atoms with Crippen molar-refractivity contribution in [1.29, 1.82) is 0 Å². The number of rotatable bonds is 6. The summed E-state index contributed by atoms with van der Waals surface area (Å²) in [7, 11) is -3.64. The molecule has 7 heteroatoms. The van der Waals surface area contributed by atoms with E-state index in [4.69, 9.17) is 11.6 Å². The molecule has 0 saturated heterocycles. The van der Waals surface area contributed by atoms with Gasteiger partial charge in [0.15, 0.2) is 0 Å². The number of anilines is 3. The Morgan fingerprint density at radius 2 is 1.71 bits per heavy atom. The summed E-state index contributed by atoms with van der Waals surface area (Å²) < 4.78 is 29.1. The van der Waals surface area contributed by atoms with Gasteiger partial charge in [-0.3, -0.25) is 4.31 Å². The minimum absolute atomic E-state index is 0.441. The summed E-state index contributed by atoms with van der Waals surface area (Å²) in [5, 5.41) is 3.80. The Bertz CT molecular complexity index is 809. The number of hydrogen-bond acceptors (Lipinski definition) is 3. The molecule has 1 N–H and O–H groups in total. The maximum atomic E-state index is 13.1. The minimum atomic E-state index is -3.64. The lowest BCUT2D eigenvalue weighted by Crippen LogP contribution is -2.36. The number of hydrogen-bond donors (Lipinski definition) is 1. The van der Waals surface area contributed by atoms with Gasteiger partial charge in [-0.15, -0.1) is 0 Å². The standard InChI is InChI=1S/C17H20ClN3O2S/c1-2-19-12-5-13-20-16-6-3-4-7-17(16)21(24(20,22)23)15-10-8-14(18)9-11-15/h3-4,6-11,19H,2,5,12-13H2,1H3. The van der Waals surface area contributed by atoms with Gasteiger partial charge in [0, 0.05) is 11.6 Å². The van der Waals surface area contributed by atoms with Gasteiger partial charge in [-0.2, -0.15) is 8.42 Å². The number of benzene rings is 2. The number of nitrogens with zero attached hydrogens (tertiary/aromatic N) is 2. The number of para-hydroxylation sites is 2. The molecule has 0 unspecified atom stereocenters. The Labute approximate surface area is 148 Å². The summed E-state index contributed by atoms with van der Waals surface area (Å²) in [4.78, 5) is 0. The first-order valence-corrected chi connectivity index (χ1v) is 9.71. The molecule has 5 nitrogen and oxygen atoms in total. The van der Waals surface area contributed by atoms with Crippen LogP contribution in [0, 0.1) is 0 Å². The van der Waals surface area contributed by atoms with Gasteiger partial charge < -0.3 is 5.32 Å². The number of fused-ring (bicyclic) bond motifs is 1. The SMILES string of the molecule is CCNCCCN1c2ccccc2N(c2ccc(Cl)cc2)S1(=O)=O. The Balaban J connectivity index is 1.97. The molecule has 0 radical (unpaired) electrons. The summed E-state index contributed by atoms with van der Waals surface area (Å²) in [5.74, 6) is 0. The molecular formula is C17H20ClN3O2S. The third-order valence-electron chi connectivity index (χ3n) is 3.90. The summed E-state index contributed by atoms with van der Waals surface area (Å²) in [6.07, 6.45) is 0.746. The fourth-order valence-electron chi connectivity index (χ4n) is 2.80. The highest BCUT2D eigenvalue weighted by molar-refractivity contribution is 7.95. The van der Waals surface area contributed by atoms with E-state index in [-0.39, 0.29) is 0 Å². The normalized spacial score (nSPS) is 15.6. The van der Waals surface area contributed by atoms with E-state index in [0.717, 1.165) is 19.5 Å². The van der Waals surface area contributed by atoms with E-state index in [9.17, 15) is 8.42 Å². The van der Waals surface area contributed by atoms with E-state index >= 15 is 0 Å². The van der Waals surface area contributed by atoms with Crippen molar-refractivity contribution in [1.82, 2.24) is 5.32 Å². The molecule has 0 fully saturated rings. The van der Waals surface area contributed by atoms with Crippen molar-refractivity contribution in [2.45, 2.75) is 13.3 Å². The first-order chi connectivity index (χ1) is 11.6. The average Bonchev–Trinajstić information content (AvgIpc) is 2.79. The summed E-state index contributed by atoms with van der Waals surface area (Å²) in [6.45, 7) is 4.13. The highest BCUT2D eigenvalue weighted by Gasteiger charge is 2.40. The fraction of sp³-hybridized carbons (Fsp3) is 0.294. The molecule has 0 amide bonds. The van der Waals surface area contributed by atoms with Crippen LogP contribution in [0.25, 0.3) is 0 Å². The largest absolute Gasteiger partial charge is 0.330 e. The predicted molar refractivity (Wildman–Crippen MR) is 99.5 cm³/mol. The van der Waals surface area contributed by atoms with Gasteiger partial charge in [0.1, 0.15) is 0 Å². The third kappa shape index (κ3) is 3.09. The van der Waals surface area contributed by atoms with E-state index in [2.05, 4.69) is 5.32 Å². The molecule has 1 heterocycles. The van der Waals surface area contributed by atoms with Crippen molar-refractivity contribution in [2.75, 3.05) is 28.2 Å². The first kappa shape index (κ1) is 17.1. The third-order valence-corrected chi connectivity index (χ3v) is 5.96. The maximum Gasteiger partial charge on any atom is 0.330 e. The molecule has 0 spiro atoms. The van der Waals surface area contributed by atoms with Gasteiger partial charge >= 0.3 is 10.2 Å². The van der Waals surface area contributed by atoms with E-state index in [1.165, 1.54) is 8.61 Å². The summed E-state index contributed by atoms with van der Waals surface area (Å²) in [6, 6.07) is 14.2. The summed E-state index contributed by atoms with van der Waals surface area (Å²) in [5.41, 5.74) is 1.97. The zero-order valence-electron chi connectivity index (χ0n) is 13.4. The molecule has 0 atom stereocenters. The lowest BCUT2D eigenvalue weighted by molar-refractivity contribution is 0.590. The smallest absolute Gasteiger partial charge is 0.317 e. The van der Waals surface area contributed by atoms with Crippen molar-refractivity contribution in [2.24, 2.45) is 0 Å². The molecule has 2 aromatic carbocycles. The number of nitrogens with one attached hydrogen (secondary N) is 1. The Morgan fingerprint density at radius 1 is 1.04 bits per heavy atom. The lowest BCUT2D eigenvalue weighted by atomic mass is 10.2. The van der Waals surface area contributed by atoms with Crippen LogP contribution in [0.3, 0.4) is 0 Å². The van der Waals surface area contributed by atoms with E-state index in [1.807, 2.05) is 31.2 Å². The van der Waals surface area contributed by atoms with Crippen LogP contribution in [0.15, 0.2) is 48.5 Å². The minimum Gasteiger partial charge on any atom is -0.317 e. The van der Waals surface area contributed by atoms with Crippen LogP contribution in [-0.2, 0) is 10.2 Å². The van der Waals surface area contributed by atoms with Crippen LogP contribution in [-0.4, -0.2) is 28.1 Å². The van der Waals surface area contributed by atoms with Gasteiger partial charge in [0.25, 0.3) is 0 Å². The Hall–Kier alpha value is -1.76. The van der Waals surface area contributed by atoms with Gasteiger partial charge in [-0.25, -0.2) is 4.31 Å². The Morgan fingerprint density at radius 3 is 2.38 bits per heavy atom. The van der Waals surface area contributed by atoms with E-state index in [0.29, 0.717) is 28.6 Å². The Kier molecular flexibility index (Phi) is 4.99. The van der Waals surface area contributed by atoms with Gasteiger partial charge in [-0.1, -0.05) is 30.7 Å². The second-order valence-corrected chi connectivity index (χ2v) is 7.65. The van der Waals surface area contributed by atoms with Gasteiger partial charge in [0.05, 0.1) is 17.1 Å². The molecule has 0 aromatic heterocycles. The molecule has 24 heavy (non-hydrogen) atoms. The quantitative estimate of drug-likeness (QED) is 0.796. The molecule has 0 aliphatic carbocycles. The van der Waals surface area contributed by atoms with Crippen LogP contribution < -0.4 is 13.9 Å². The van der Waals surface area contributed by atoms with E-state index < -0.39 is 10.2 Å².